The number of carbonyl (C=O) groups excluding carboxylic acids is 1. The van der Waals surface area contributed by atoms with E-state index in [1.165, 1.54) is 23.5 Å². The van der Waals surface area contributed by atoms with Crippen LogP contribution < -0.4 is 14.9 Å². The van der Waals surface area contributed by atoms with Crippen LogP contribution in [0.15, 0.2) is 98.7 Å². The number of nitrogens with zero attached hydrogens (tertiary/aromatic N) is 3. The van der Waals surface area contributed by atoms with Gasteiger partial charge in [-0.2, -0.15) is 0 Å². The van der Waals surface area contributed by atoms with Crippen molar-refractivity contribution in [3.8, 4) is 0 Å². The molecule has 1 aliphatic rings. The van der Waals surface area contributed by atoms with E-state index >= 15 is 0 Å². The average Bonchev–Trinajstić information content (AvgIpc) is 3.46. The van der Waals surface area contributed by atoms with E-state index in [4.69, 9.17) is 9.73 Å². The number of allylic oxidation sites excluding steroid dienone is 1. The first kappa shape index (κ1) is 28.9. The van der Waals surface area contributed by atoms with Crippen molar-refractivity contribution in [2.45, 2.75) is 38.3 Å². The Labute approximate surface area is 256 Å². The highest BCUT2D eigenvalue weighted by Crippen LogP contribution is 2.32. The van der Waals surface area contributed by atoms with Crippen molar-refractivity contribution in [2.75, 3.05) is 12.9 Å². The maximum absolute atomic E-state index is 14.2. The highest BCUT2D eigenvalue weighted by Gasteiger charge is 2.33. The minimum absolute atomic E-state index is 0.216. The molecule has 6 rings (SSSR count). The van der Waals surface area contributed by atoms with Gasteiger partial charge in [-0.15, -0.1) is 11.8 Å². The molecule has 0 saturated heterocycles. The number of aromatic nitrogens is 2. The van der Waals surface area contributed by atoms with Crippen LogP contribution in [0.2, 0.25) is 0 Å². The molecule has 0 aliphatic carbocycles. The van der Waals surface area contributed by atoms with Crippen molar-refractivity contribution < 1.29 is 13.9 Å². The number of hydrogen-bond acceptors (Lipinski definition) is 6. The third-order valence-corrected chi connectivity index (χ3v) is 9.48. The average molecular weight is 612 g/mol. The molecule has 1 atom stereocenters. The van der Waals surface area contributed by atoms with Gasteiger partial charge in [-0.25, -0.2) is 14.2 Å². The van der Waals surface area contributed by atoms with Gasteiger partial charge in [-0.3, -0.25) is 9.36 Å². The van der Waals surface area contributed by atoms with E-state index in [2.05, 4.69) is 10.6 Å². The number of rotatable bonds is 7. The van der Waals surface area contributed by atoms with Crippen molar-refractivity contribution >= 4 is 46.0 Å². The minimum atomic E-state index is -0.658. The molecule has 0 bridgehead atoms. The Bertz CT molecular complexity index is 2070. The fraction of sp³-hybridized carbons (Fsp3) is 0.206. The van der Waals surface area contributed by atoms with E-state index < -0.39 is 12.0 Å². The van der Waals surface area contributed by atoms with Gasteiger partial charge in [0.15, 0.2) is 4.80 Å². The van der Waals surface area contributed by atoms with Crippen LogP contribution in [0.1, 0.15) is 42.3 Å². The Balaban J connectivity index is 1.53. The number of thiazole rings is 1. The summed E-state index contributed by atoms with van der Waals surface area (Å²) in [5, 5.41) is 1.01. The smallest absolute Gasteiger partial charge is 0.338 e. The lowest BCUT2D eigenvalue weighted by Gasteiger charge is -2.24. The SMILES string of the molecule is CCOC(=O)C1=C(C)N=c2s/c(=C\c3c(C)n(Cc4ccc(F)cc4)c4ccccc34)c(=O)n2[C@@H]1c1ccc(SC)cc1. The van der Waals surface area contributed by atoms with E-state index in [9.17, 15) is 14.0 Å². The largest absolute Gasteiger partial charge is 0.463 e. The minimum Gasteiger partial charge on any atom is -0.463 e. The maximum Gasteiger partial charge on any atom is 0.338 e. The van der Waals surface area contributed by atoms with Crippen molar-refractivity contribution in [2.24, 2.45) is 4.99 Å². The third kappa shape index (κ3) is 5.28. The summed E-state index contributed by atoms with van der Waals surface area (Å²) < 4.78 is 23.3. The van der Waals surface area contributed by atoms with Gasteiger partial charge >= 0.3 is 5.97 Å². The van der Waals surface area contributed by atoms with Gasteiger partial charge < -0.3 is 9.30 Å². The topological polar surface area (TPSA) is 65.6 Å². The maximum atomic E-state index is 14.2. The molecule has 218 valence electrons. The number of thioether (sulfide) groups is 1. The van der Waals surface area contributed by atoms with E-state index in [0.29, 0.717) is 27.1 Å². The number of para-hydroxylation sites is 1. The number of carbonyl (C=O) groups is 1. The highest BCUT2D eigenvalue weighted by molar-refractivity contribution is 7.98. The van der Waals surface area contributed by atoms with Crippen LogP contribution in [0, 0.1) is 12.7 Å². The molecule has 0 saturated carbocycles. The standard InChI is InChI=1S/C34H30FN3O3S2/c1-5-41-33(40)30-20(2)36-34-38(31(30)23-12-16-25(42-4)17-13-23)32(39)29(43-34)18-27-21(3)37(28-9-7-6-8-26(27)28)19-22-10-14-24(35)15-11-22/h6-18,31H,5,19H2,1-4H3/b29-18-/t31-/m1/s1. The Hall–Kier alpha value is -4.21. The lowest BCUT2D eigenvalue weighted by Crippen LogP contribution is -2.39. The number of fused-ring (bicyclic) bond motifs is 2. The van der Waals surface area contributed by atoms with Crippen LogP contribution in [0.3, 0.4) is 0 Å². The third-order valence-electron chi connectivity index (χ3n) is 7.76. The molecule has 6 nitrogen and oxygen atoms in total. The summed E-state index contributed by atoms with van der Waals surface area (Å²) in [6.45, 7) is 6.38. The van der Waals surface area contributed by atoms with E-state index in [-0.39, 0.29) is 18.0 Å². The molecular formula is C34H30FN3O3S2. The van der Waals surface area contributed by atoms with Gasteiger partial charge in [0.25, 0.3) is 5.56 Å². The van der Waals surface area contributed by atoms with Crippen LogP contribution in [-0.4, -0.2) is 28.0 Å². The van der Waals surface area contributed by atoms with Crippen molar-refractivity contribution in [1.82, 2.24) is 9.13 Å². The van der Waals surface area contributed by atoms with Crippen molar-refractivity contribution in [3.63, 3.8) is 0 Å². The van der Waals surface area contributed by atoms with Crippen LogP contribution in [0.5, 0.6) is 0 Å². The monoisotopic (exact) mass is 611 g/mol. The number of hydrogen-bond donors (Lipinski definition) is 0. The second kappa shape index (κ2) is 11.8. The van der Waals surface area contributed by atoms with E-state index in [1.807, 2.05) is 61.7 Å². The van der Waals surface area contributed by atoms with Crippen molar-refractivity contribution in [1.29, 1.82) is 0 Å². The lowest BCUT2D eigenvalue weighted by atomic mass is 9.96. The molecule has 2 aromatic heterocycles. The molecule has 0 unspecified atom stereocenters. The summed E-state index contributed by atoms with van der Waals surface area (Å²) in [4.78, 5) is 33.7. The second-order valence-electron chi connectivity index (χ2n) is 10.3. The quantitative estimate of drug-likeness (QED) is 0.168. The molecule has 0 spiro atoms. The van der Waals surface area contributed by atoms with Crippen LogP contribution in [-0.2, 0) is 16.1 Å². The summed E-state index contributed by atoms with van der Waals surface area (Å²) >= 11 is 2.94. The number of ether oxygens (including phenoxy) is 1. The normalized spacial score (nSPS) is 15.1. The predicted octanol–water partition coefficient (Wildman–Crippen LogP) is 5.97. The Kier molecular flexibility index (Phi) is 7.94. The van der Waals surface area contributed by atoms with Gasteiger partial charge in [0.2, 0.25) is 0 Å². The Morgan fingerprint density at radius 2 is 1.79 bits per heavy atom. The molecule has 5 aromatic rings. The summed E-state index contributed by atoms with van der Waals surface area (Å²) in [6, 6.07) is 21.8. The van der Waals surface area contributed by atoms with Crippen molar-refractivity contribution in [3.05, 3.63) is 132 Å². The van der Waals surface area contributed by atoms with Gasteiger partial charge in [-0.1, -0.05) is 53.8 Å². The van der Waals surface area contributed by atoms with Gasteiger partial charge in [0.1, 0.15) is 5.82 Å². The zero-order valence-corrected chi connectivity index (χ0v) is 25.9. The highest BCUT2D eigenvalue weighted by atomic mass is 32.2. The summed E-state index contributed by atoms with van der Waals surface area (Å²) in [5.74, 6) is -0.745. The first-order valence-electron chi connectivity index (χ1n) is 14.0. The number of esters is 1. The first-order valence-corrected chi connectivity index (χ1v) is 16.0. The van der Waals surface area contributed by atoms with E-state index in [0.717, 1.165) is 38.2 Å². The number of benzene rings is 3. The molecular weight excluding hydrogens is 582 g/mol. The lowest BCUT2D eigenvalue weighted by molar-refractivity contribution is -0.139. The van der Waals surface area contributed by atoms with Gasteiger partial charge in [0, 0.05) is 33.6 Å². The van der Waals surface area contributed by atoms with Crippen LogP contribution in [0.25, 0.3) is 17.0 Å². The fourth-order valence-corrected chi connectivity index (χ4v) is 7.08. The van der Waals surface area contributed by atoms with E-state index in [1.54, 1.807) is 42.3 Å². The van der Waals surface area contributed by atoms with Gasteiger partial charge in [-0.05, 0) is 74.6 Å². The number of halogens is 1. The summed E-state index contributed by atoms with van der Waals surface area (Å²) in [6.07, 6.45) is 3.94. The molecule has 43 heavy (non-hydrogen) atoms. The molecule has 3 heterocycles. The Morgan fingerprint density at radius 3 is 2.49 bits per heavy atom. The molecule has 0 amide bonds. The van der Waals surface area contributed by atoms with Crippen LogP contribution in [0.4, 0.5) is 4.39 Å². The molecule has 3 aromatic carbocycles. The van der Waals surface area contributed by atoms with Gasteiger partial charge in [0.05, 0.1) is 28.5 Å². The molecule has 0 N–H and O–H groups in total. The zero-order valence-electron chi connectivity index (χ0n) is 24.3. The molecule has 1 aliphatic heterocycles. The molecule has 0 radical (unpaired) electrons. The summed E-state index contributed by atoms with van der Waals surface area (Å²) in [7, 11) is 0. The second-order valence-corrected chi connectivity index (χ2v) is 12.2. The Morgan fingerprint density at radius 1 is 1.07 bits per heavy atom. The zero-order chi connectivity index (χ0) is 30.2. The first-order chi connectivity index (χ1) is 20.8. The molecule has 0 fully saturated rings. The molecule has 9 heteroatoms. The predicted molar refractivity (Wildman–Crippen MR) is 171 cm³/mol. The fourth-order valence-electron chi connectivity index (χ4n) is 5.64. The summed E-state index contributed by atoms with van der Waals surface area (Å²) in [5.41, 5.74) is 5.43. The van der Waals surface area contributed by atoms with Crippen LogP contribution >= 0.6 is 23.1 Å².